The standard InChI is InChI=1S/C19H18F2N2OS/c1-11-5-4-6-16(22-11)23-17-8-7-15(25-17)18-13(20)9-12(10-14(18)21)19(2,3)24/h4-10,24H,1-3H3,(H,22,23). The molecule has 25 heavy (non-hydrogen) atoms. The molecule has 0 aliphatic heterocycles. The Morgan fingerprint density at radius 1 is 1.08 bits per heavy atom. The van der Waals surface area contributed by atoms with Gasteiger partial charge >= 0.3 is 0 Å². The van der Waals surface area contributed by atoms with E-state index in [0.29, 0.717) is 10.7 Å². The van der Waals surface area contributed by atoms with Gasteiger partial charge in [0.25, 0.3) is 0 Å². The number of aliphatic hydroxyl groups is 1. The van der Waals surface area contributed by atoms with Crippen LogP contribution >= 0.6 is 11.3 Å². The van der Waals surface area contributed by atoms with Gasteiger partial charge in [-0.15, -0.1) is 11.3 Å². The summed E-state index contributed by atoms with van der Waals surface area (Å²) in [4.78, 5) is 4.81. The molecule has 2 N–H and O–H groups in total. The summed E-state index contributed by atoms with van der Waals surface area (Å²) in [5.74, 6) is -0.717. The third-order valence-electron chi connectivity index (χ3n) is 3.74. The number of nitrogens with one attached hydrogen (secondary N) is 1. The molecule has 0 saturated carbocycles. The molecule has 0 fully saturated rings. The molecule has 0 radical (unpaired) electrons. The van der Waals surface area contributed by atoms with Crippen LogP contribution in [0, 0.1) is 18.6 Å². The number of rotatable bonds is 4. The molecule has 0 bridgehead atoms. The molecule has 2 aromatic heterocycles. The van der Waals surface area contributed by atoms with Crippen molar-refractivity contribution in [3.63, 3.8) is 0 Å². The highest BCUT2D eigenvalue weighted by molar-refractivity contribution is 7.19. The van der Waals surface area contributed by atoms with E-state index in [9.17, 15) is 13.9 Å². The monoisotopic (exact) mass is 360 g/mol. The molecule has 3 rings (SSSR count). The molecule has 130 valence electrons. The number of thiophene rings is 1. The van der Waals surface area contributed by atoms with Crippen molar-refractivity contribution in [3.05, 3.63) is 65.4 Å². The van der Waals surface area contributed by atoms with Crippen molar-refractivity contribution in [1.82, 2.24) is 4.98 Å². The summed E-state index contributed by atoms with van der Waals surface area (Å²) < 4.78 is 28.9. The first-order chi connectivity index (χ1) is 11.7. The van der Waals surface area contributed by atoms with E-state index < -0.39 is 17.2 Å². The van der Waals surface area contributed by atoms with Crippen molar-refractivity contribution in [3.8, 4) is 10.4 Å². The number of hydrogen-bond acceptors (Lipinski definition) is 4. The fraction of sp³-hybridized carbons (Fsp3) is 0.211. The molecule has 0 saturated heterocycles. The SMILES string of the molecule is Cc1cccc(Nc2ccc(-c3c(F)cc(C(C)(C)O)cc3F)s2)n1. The molecule has 6 heteroatoms. The number of aryl methyl sites for hydroxylation is 1. The van der Waals surface area contributed by atoms with Gasteiger partial charge in [-0.1, -0.05) is 6.07 Å². The third kappa shape index (κ3) is 3.86. The minimum absolute atomic E-state index is 0.0942. The van der Waals surface area contributed by atoms with Gasteiger partial charge in [0, 0.05) is 10.6 Å². The Bertz CT molecular complexity index is 893. The first kappa shape index (κ1) is 17.5. The van der Waals surface area contributed by atoms with Gasteiger partial charge in [0.2, 0.25) is 0 Å². The zero-order valence-electron chi connectivity index (χ0n) is 14.1. The van der Waals surface area contributed by atoms with Gasteiger partial charge < -0.3 is 10.4 Å². The Hall–Kier alpha value is -2.31. The van der Waals surface area contributed by atoms with Crippen LogP contribution in [0.15, 0.2) is 42.5 Å². The quantitative estimate of drug-likeness (QED) is 0.658. The highest BCUT2D eigenvalue weighted by Gasteiger charge is 2.22. The van der Waals surface area contributed by atoms with Gasteiger partial charge in [-0.05, 0) is 62.7 Å². The van der Waals surface area contributed by atoms with E-state index in [1.54, 1.807) is 12.1 Å². The Morgan fingerprint density at radius 2 is 1.76 bits per heavy atom. The van der Waals surface area contributed by atoms with E-state index in [0.717, 1.165) is 10.7 Å². The van der Waals surface area contributed by atoms with Crippen molar-refractivity contribution in [2.24, 2.45) is 0 Å². The maximum Gasteiger partial charge on any atom is 0.135 e. The zero-order chi connectivity index (χ0) is 18.2. The number of benzene rings is 1. The smallest absolute Gasteiger partial charge is 0.135 e. The van der Waals surface area contributed by atoms with Crippen LogP contribution in [0.2, 0.25) is 0 Å². The number of halogens is 2. The Morgan fingerprint density at radius 3 is 2.36 bits per heavy atom. The summed E-state index contributed by atoms with van der Waals surface area (Å²) in [6.07, 6.45) is 0. The normalized spacial score (nSPS) is 11.6. The van der Waals surface area contributed by atoms with Crippen LogP contribution < -0.4 is 5.32 Å². The van der Waals surface area contributed by atoms with Crippen molar-refractivity contribution in [1.29, 1.82) is 0 Å². The second-order valence-corrected chi connectivity index (χ2v) is 7.41. The fourth-order valence-corrected chi connectivity index (χ4v) is 3.40. The first-order valence-electron chi connectivity index (χ1n) is 7.77. The molecule has 2 heterocycles. The van der Waals surface area contributed by atoms with Crippen LogP contribution in [0.3, 0.4) is 0 Å². The summed E-state index contributed by atoms with van der Waals surface area (Å²) in [7, 11) is 0. The second kappa shape index (κ2) is 6.54. The molecule has 3 nitrogen and oxygen atoms in total. The number of aromatic nitrogens is 1. The number of nitrogens with zero attached hydrogens (tertiary/aromatic N) is 1. The summed E-state index contributed by atoms with van der Waals surface area (Å²) in [5.41, 5.74) is -0.325. The molecule has 1 aromatic carbocycles. The third-order valence-corrected chi connectivity index (χ3v) is 4.76. The topological polar surface area (TPSA) is 45.1 Å². The van der Waals surface area contributed by atoms with Crippen LogP contribution in [-0.2, 0) is 5.60 Å². The molecule has 0 spiro atoms. The number of anilines is 2. The zero-order valence-corrected chi connectivity index (χ0v) is 14.9. The second-order valence-electron chi connectivity index (χ2n) is 6.33. The van der Waals surface area contributed by atoms with E-state index >= 15 is 0 Å². The van der Waals surface area contributed by atoms with Crippen molar-refractivity contribution < 1.29 is 13.9 Å². The Kier molecular flexibility index (Phi) is 4.58. The average Bonchev–Trinajstić information content (AvgIpc) is 2.93. The van der Waals surface area contributed by atoms with E-state index in [2.05, 4.69) is 10.3 Å². The van der Waals surface area contributed by atoms with Crippen LogP contribution in [0.5, 0.6) is 0 Å². The predicted octanol–water partition coefficient (Wildman–Crippen LogP) is 5.37. The van der Waals surface area contributed by atoms with E-state index in [1.807, 2.05) is 25.1 Å². The van der Waals surface area contributed by atoms with Crippen LogP contribution in [0.1, 0.15) is 25.1 Å². The van der Waals surface area contributed by atoms with Crippen LogP contribution in [0.25, 0.3) is 10.4 Å². The molecule has 0 aliphatic rings. The molecule has 3 aromatic rings. The molecule has 0 amide bonds. The lowest BCUT2D eigenvalue weighted by atomic mass is 9.96. The first-order valence-corrected chi connectivity index (χ1v) is 8.58. The summed E-state index contributed by atoms with van der Waals surface area (Å²) in [5, 5.41) is 13.8. The van der Waals surface area contributed by atoms with Gasteiger partial charge in [-0.2, -0.15) is 0 Å². The lowest BCUT2D eigenvalue weighted by molar-refractivity contribution is 0.0779. The van der Waals surface area contributed by atoms with Crippen molar-refractivity contribution >= 4 is 22.2 Å². The molecular weight excluding hydrogens is 342 g/mol. The summed E-state index contributed by atoms with van der Waals surface area (Å²) in [6.45, 7) is 4.87. The van der Waals surface area contributed by atoms with Crippen LogP contribution in [-0.4, -0.2) is 10.1 Å². The summed E-state index contributed by atoms with van der Waals surface area (Å²) >= 11 is 1.23. The van der Waals surface area contributed by atoms with E-state index in [4.69, 9.17) is 0 Å². The Balaban J connectivity index is 1.92. The lowest BCUT2D eigenvalue weighted by Gasteiger charge is -2.18. The number of hydrogen-bond donors (Lipinski definition) is 2. The number of pyridine rings is 1. The molecule has 0 atom stereocenters. The van der Waals surface area contributed by atoms with Crippen molar-refractivity contribution in [2.45, 2.75) is 26.4 Å². The van der Waals surface area contributed by atoms with Crippen molar-refractivity contribution in [2.75, 3.05) is 5.32 Å². The largest absolute Gasteiger partial charge is 0.386 e. The van der Waals surface area contributed by atoms with E-state index in [-0.39, 0.29) is 11.1 Å². The fourth-order valence-electron chi connectivity index (χ4n) is 2.44. The van der Waals surface area contributed by atoms with Crippen LogP contribution in [0.4, 0.5) is 19.6 Å². The minimum atomic E-state index is -1.31. The predicted molar refractivity (Wildman–Crippen MR) is 97.2 cm³/mol. The van der Waals surface area contributed by atoms with Gasteiger partial charge in [0.1, 0.15) is 17.5 Å². The molecular formula is C19H18F2N2OS. The van der Waals surface area contributed by atoms with Gasteiger partial charge in [0.05, 0.1) is 16.2 Å². The van der Waals surface area contributed by atoms with Gasteiger partial charge in [-0.3, -0.25) is 0 Å². The Labute approximate surface area is 149 Å². The molecule has 0 aliphatic carbocycles. The van der Waals surface area contributed by atoms with E-state index in [1.165, 1.54) is 37.3 Å². The average molecular weight is 360 g/mol. The highest BCUT2D eigenvalue weighted by atomic mass is 32.1. The maximum absolute atomic E-state index is 14.4. The van der Waals surface area contributed by atoms with Gasteiger partial charge in [-0.25, -0.2) is 13.8 Å². The molecule has 0 unspecified atom stereocenters. The minimum Gasteiger partial charge on any atom is -0.386 e. The summed E-state index contributed by atoms with van der Waals surface area (Å²) in [6, 6.07) is 11.4. The highest BCUT2D eigenvalue weighted by Crippen LogP contribution is 2.37. The lowest BCUT2D eigenvalue weighted by Crippen LogP contribution is -2.16. The maximum atomic E-state index is 14.4. The van der Waals surface area contributed by atoms with Gasteiger partial charge in [0.15, 0.2) is 0 Å².